The molecule has 1 aromatic carbocycles. The number of imidazole rings is 1. The molecule has 3 aromatic rings. The summed E-state index contributed by atoms with van der Waals surface area (Å²) in [4.78, 5) is 23.1. The molecule has 0 radical (unpaired) electrons. The van der Waals surface area contributed by atoms with Crippen LogP contribution in [0.15, 0.2) is 53.4 Å². The molecule has 0 saturated carbocycles. The number of benzene rings is 1. The lowest BCUT2D eigenvalue weighted by Crippen LogP contribution is -2.50. The second-order valence-electron chi connectivity index (χ2n) is 6.79. The van der Waals surface area contributed by atoms with Crippen molar-refractivity contribution in [1.29, 1.82) is 0 Å². The summed E-state index contributed by atoms with van der Waals surface area (Å²) in [6.07, 6.45) is 6.56. The average molecular weight is 367 g/mol. The summed E-state index contributed by atoms with van der Waals surface area (Å²) in [7, 11) is 0. The van der Waals surface area contributed by atoms with E-state index in [0.717, 1.165) is 18.5 Å². The summed E-state index contributed by atoms with van der Waals surface area (Å²) in [5.41, 5.74) is 6.59. The Morgan fingerprint density at radius 3 is 2.96 bits per heavy atom. The van der Waals surface area contributed by atoms with Gasteiger partial charge in [-0.2, -0.15) is 0 Å². The number of carbonyl (C=O) groups is 1. The van der Waals surface area contributed by atoms with E-state index in [4.69, 9.17) is 10.7 Å². The van der Waals surface area contributed by atoms with Crippen molar-refractivity contribution in [2.45, 2.75) is 31.8 Å². The fraction of sp³-hybridized carbons (Fsp3) is 0.316. The molecule has 0 spiro atoms. The number of rotatable bonds is 5. The lowest BCUT2D eigenvalue weighted by Gasteiger charge is -2.35. The molecule has 26 heavy (non-hydrogen) atoms. The van der Waals surface area contributed by atoms with Crippen molar-refractivity contribution in [2.75, 3.05) is 6.54 Å². The van der Waals surface area contributed by atoms with Crippen LogP contribution in [-0.4, -0.2) is 32.9 Å². The Hall–Kier alpha value is -2.67. The molecule has 3 heterocycles. The molecule has 2 aromatic heterocycles. The molecule has 7 heteroatoms. The number of aromatic nitrogens is 2. The number of thiophene rings is 1. The molecule has 0 saturated heterocycles. The maximum Gasteiger partial charge on any atom is 0.232 e. The predicted molar refractivity (Wildman–Crippen MR) is 104 cm³/mol. The van der Waals surface area contributed by atoms with Gasteiger partial charge in [-0.25, -0.2) is 9.98 Å². The minimum atomic E-state index is -0.613. The lowest BCUT2D eigenvalue weighted by atomic mass is 9.87. The molecule has 0 aliphatic carbocycles. The smallest absolute Gasteiger partial charge is 0.232 e. The average Bonchev–Trinajstić information content (AvgIpc) is 3.28. The topological polar surface area (TPSA) is 76.5 Å². The summed E-state index contributed by atoms with van der Waals surface area (Å²) in [6, 6.07) is 8.35. The third-order valence-corrected chi connectivity index (χ3v) is 5.76. The fourth-order valence-electron chi connectivity index (χ4n) is 3.41. The van der Waals surface area contributed by atoms with Gasteiger partial charge in [0.25, 0.3) is 0 Å². The van der Waals surface area contributed by atoms with Crippen molar-refractivity contribution in [1.82, 2.24) is 14.5 Å². The minimum Gasteiger partial charge on any atom is -0.369 e. The van der Waals surface area contributed by atoms with Crippen LogP contribution in [-0.2, 0) is 16.9 Å². The number of hydrogen-bond donors (Lipinski definition) is 1. The van der Waals surface area contributed by atoms with E-state index in [1.807, 2.05) is 17.7 Å². The van der Waals surface area contributed by atoms with E-state index in [2.05, 4.69) is 34.6 Å². The Bertz CT molecular complexity index is 961. The first kappa shape index (κ1) is 16.8. The number of fused-ring (bicyclic) bond motifs is 1. The van der Waals surface area contributed by atoms with Crippen LogP contribution in [0.4, 0.5) is 0 Å². The second-order valence-corrected chi connectivity index (χ2v) is 7.74. The first-order valence-electron chi connectivity index (χ1n) is 8.64. The highest BCUT2D eigenvalue weighted by molar-refractivity contribution is 7.17. The van der Waals surface area contributed by atoms with Crippen molar-refractivity contribution in [2.24, 2.45) is 10.7 Å². The van der Waals surface area contributed by atoms with Crippen LogP contribution in [0.5, 0.6) is 0 Å². The van der Waals surface area contributed by atoms with Gasteiger partial charge in [0.15, 0.2) is 5.96 Å². The Balaban J connectivity index is 1.52. The van der Waals surface area contributed by atoms with Crippen molar-refractivity contribution in [3.8, 4) is 0 Å². The minimum absolute atomic E-state index is 0.0241. The first-order chi connectivity index (χ1) is 12.5. The normalized spacial score (nSPS) is 20.6. The number of nitrogens with two attached hydrogens (primary N) is 1. The van der Waals surface area contributed by atoms with E-state index in [1.165, 1.54) is 10.1 Å². The number of nitrogens with zero attached hydrogens (tertiary/aromatic N) is 4. The van der Waals surface area contributed by atoms with Crippen LogP contribution in [0, 0.1) is 0 Å². The summed E-state index contributed by atoms with van der Waals surface area (Å²) < 4.78 is 3.22. The number of hydrogen-bond acceptors (Lipinski definition) is 5. The molecule has 0 fully saturated rings. The molecule has 1 aliphatic heterocycles. The largest absolute Gasteiger partial charge is 0.369 e. The molecule has 1 unspecified atom stereocenters. The molecule has 2 N–H and O–H groups in total. The van der Waals surface area contributed by atoms with Crippen molar-refractivity contribution >= 4 is 33.3 Å². The SMILES string of the molecule is CC1(c2ccc3sccc3c2)CC(=O)N(CCCn2ccnc2)C(N)=N1. The molecular formula is C19H21N5OS. The molecule has 4 rings (SSSR count). The standard InChI is InChI=1S/C19H21N5OS/c1-19(15-3-4-16-14(11-15)5-10-26-16)12-17(25)24(18(20)22-19)8-2-7-23-9-6-21-13-23/h3-6,9-11,13H,2,7-8,12H2,1H3,(H2,20,22). The van der Waals surface area contributed by atoms with Gasteiger partial charge in [0.1, 0.15) is 0 Å². The lowest BCUT2D eigenvalue weighted by molar-refractivity contribution is -0.129. The summed E-state index contributed by atoms with van der Waals surface area (Å²) in [5, 5.41) is 3.25. The van der Waals surface area contributed by atoms with Crippen molar-refractivity contribution in [3.05, 3.63) is 53.9 Å². The molecule has 0 bridgehead atoms. The zero-order chi connectivity index (χ0) is 18.1. The highest BCUT2D eigenvalue weighted by Gasteiger charge is 2.37. The van der Waals surface area contributed by atoms with Crippen molar-refractivity contribution in [3.63, 3.8) is 0 Å². The van der Waals surface area contributed by atoms with Gasteiger partial charge in [0.05, 0.1) is 18.3 Å². The van der Waals surface area contributed by atoms with E-state index >= 15 is 0 Å². The Morgan fingerprint density at radius 1 is 1.31 bits per heavy atom. The zero-order valence-electron chi connectivity index (χ0n) is 14.6. The number of guanidine groups is 1. The van der Waals surface area contributed by atoms with E-state index in [0.29, 0.717) is 18.9 Å². The van der Waals surface area contributed by atoms with Gasteiger partial charge in [-0.05, 0) is 47.9 Å². The third kappa shape index (κ3) is 3.10. The molecule has 1 atom stereocenters. The van der Waals surface area contributed by atoms with Crippen LogP contribution in [0.25, 0.3) is 10.1 Å². The summed E-state index contributed by atoms with van der Waals surface area (Å²) in [5.74, 6) is 0.329. The van der Waals surface area contributed by atoms with E-state index in [-0.39, 0.29) is 5.91 Å². The molecule has 134 valence electrons. The maximum atomic E-state index is 12.7. The number of carbonyl (C=O) groups excluding carboxylic acids is 1. The van der Waals surface area contributed by atoms with Gasteiger partial charge in [0, 0.05) is 30.2 Å². The molecular weight excluding hydrogens is 346 g/mol. The molecule has 6 nitrogen and oxygen atoms in total. The van der Waals surface area contributed by atoms with Gasteiger partial charge in [0.2, 0.25) is 5.91 Å². The Morgan fingerprint density at radius 2 is 2.19 bits per heavy atom. The second kappa shape index (κ2) is 6.57. The number of amides is 1. The van der Waals surface area contributed by atoms with Gasteiger partial charge >= 0.3 is 0 Å². The van der Waals surface area contributed by atoms with Crippen LogP contribution in [0.3, 0.4) is 0 Å². The van der Waals surface area contributed by atoms with Gasteiger partial charge in [-0.15, -0.1) is 11.3 Å². The highest BCUT2D eigenvalue weighted by Crippen LogP contribution is 2.35. The molecule has 1 aliphatic rings. The van der Waals surface area contributed by atoms with Gasteiger partial charge in [-0.1, -0.05) is 6.07 Å². The fourth-order valence-corrected chi connectivity index (χ4v) is 4.18. The Labute approximate surface area is 156 Å². The predicted octanol–water partition coefficient (Wildman–Crippen LogP) is 2.95. The summed E-state index contributed by atoms with van der Waals surface area (Å²) in [6.45, 7) is 3.34. The maximum absolute atomic E-state index is 12.7. The number of aliphatic imine (C=N–C) groups is 1. The number of aryl methyl sites for hydroxylation is 1. The molecule has 1 amide bonds. The van der Waals surface area contributed by atoms with Crippen LogP contribution >= 0.6 is 11.3 Å². The van der Waals surface area contributed by atoms with Gasteiger partial charge < -0.3 is 10.3 Å². The van der Waals surface area contributed by atoms with Gasteiger partial charge in [-0.3, -0.25) is 9.69 Å². The Kier molecular flexibility index (Phi) is 4.24. The zero-order valence-corrected chi connectivity index (χ0v) is 15.4. The van der Waals surface area contributed by atoms with Crippen LogP contribution in [0.2, 0.25) is 0 Å². The quantitative estimate of drug-likeness (QED) is 0.753. The highest BCUT2D eigenvalue weighted by atomic mass is 32.1. The van der Waals surface area contributed by atoms with Crippen molar-refractivity contribution < 1.29 is 4.79 Å². The monoisotopic (exact) mass is 367 g/mol. The van der Waals surface area contributed by atoms with Crippen LogP contribution < -0.4 is 5.73 Å². The third-order valence-electron chi connectivity index (χ3n) is 4.87. The first-order valence-corrected chi connectivity index (χ1v) is 9.52. The van der Waals surface area contributed by atoms with E-state index < -0.39 is 5.54 Å². The van der Waals surface area contributed by atoms with E-state index in [9.17, 15) is 4.79 Å². The van der Waals surface area contributed by atoms with Crippen LogP contribution in [0.1, 0.15) is 25.3 Å². The van der Waals surface area contributed by atoms with E-state index in [1.54, 1.807) is 28.8 Å². The summed E-state index contributed by atoms with van der Waals surface area (Å²) >= 11 is 1.71.